The Balaban J connectivity index is 1.12. The summed E-state index contributed by atoms with van der Waals surface area (Å²) in [5.74, 6) is 0.601. The zero-order valence-electron chi connectivity index (χ0n) is 19.2. The highest BCUT2D eigenvalue weighted by molar-refractivity contribution is 8.01. The van der Waals surface area contributed by atoms with Crippen LogP contribution >= 0.6 is 23.1 Å². The van der Waals surface area contributed by atoms with Crippen molar-refractivity contribution in [3.8, 4) is 11.5 Å². The Bertz CT molecular complexity index is 1410. The minimum atomic E-state index is -3.64. The molecule has 0 bridgehead atoms. The van der Waals surface area contributed by atoms with Gasteiger partial charge in [-0.2, -0.15) is 4.31 Å². The lowest BCUT2D eigenvalue weighted by molar-refractivity contribution is -0.113. The summed E-state index contributed by atoms with van der Waals surface area (Å²) in [6, 6.07) is 10.8. The zero-order valence-corrected chi connectivity index (χ0v) is 21.7. The first-order valence-electron chi connectivity index (χ1n) is 11.0. The van der Waals surface area contributed by atoms with Crippen LogP contribution in [0.3, 0.4) is 0 Å². The summed E-state index contributed by atoms with van der Waals surface area (Å²) in [7, 11) is -3.64. The molecule has 0 aliphatic carbocycles. The van der Waals surface area contributed by atoms with Crippen LogP contribution in [0.1, 0.15) is 10.4 Å². The fourth-order valence-electron chi connectivity index (χ4n) is 3.50. The fraction of sp³-hybridized carbons (Fsp3) is 0.273. The van der Waals surface area contributed by atoms with Crippen LogP contribution in [0.4, 0.5) is 10.8 Å². The van der Waals surface area contributed by atoms with E-state index in [1.807, 2.05) is 0 Å². The summed E-state index contributed by atoms with van der Waals surface area (Å²) < 4.78 is 43.1. The van der Waals surface area contributed by atoms with E-state index in [4.69, 9.17) is 14.2 Å². The number of nitrogens with one attached hydrogen (secondary N) is 2. The summed E-state index contributed by atoms with van der Waals surface area (Å²) in [6.07, 6.45) is 0. The minimum Gasteiger partial charge on any atom is -0.454 e. The van der Waals surface area contributed by atoms with Gasteiger partial charge < -0.3 is 19.5 Å². The van der Waals surface area contributed by atoms with Crippen LogP contribution in [0.15, 0.2) is 51.7 Å². The monoisotopic (exact) mass is 563 g/mol. The second-order valence-corrected chi connectivity index (χ2v) is 11.9. The van der Waals surface area contributed by atoms with Gasteiger partial charge in [0.1, 0.15) is 0 Å². The first-order chi connectivity index (χ1) is 17.9. The van der Waals surface area contributed by atoms with Crippen molar-refractivity contribution in [2.75, 3.05) is 49.5 Å². The highest BCUT2D eigenvalue weighted by atomic mass is 32.2. The van der Waals surface area contributed by atoms with Crippen molar-refractivity contribution in [2.24, 2.45) is 0 Å². The molecule has 0 atom stereocenters. The topological polar surface area (TPSA) is 149 Å². The van der Waals surface area contributed by atoms with E-state index >= 15 is 0 Å². The second-order valence-electron chi connectivity index (χ2n) is 7.77. The number of carbonyl (C=O) groups is 2. The summed E-state index contributed by atoms with van der Waals surface area (Å²) in [5.41, 5.74) is 0.859. The number of anilines is 2. The average Bonchev–Trinajstić information content (AvgIpc) is 3.57. The molecular weight excluding hydrogens is 542 g/mol. The van der Waals surface area contributed by atoms with E-state index in [9.17, 15) is 18.0 Å². The Morgan fingerprint density at radius 3 is 2.54 bits per heavy atom. The van der Waals surface area contributed by atoms with Crippen molar-refractivity contribution in [1.82, 2.24) is 14.5 Å². The van der Waals surface area contributed by atoms with Gasteiger partial charge in [0.25, 0.3) is 5.91 Å². The lowest BCUT2D eigenvalue weighted by atomic mass is 10.2. The SMILES string of the molecule is O=C(CSc1nnc(NC(=O)c2ccc(S(=O)(=O)N3CCOCC3)cc2)s1)Nc1ccc2c(c1)OCO2. The molecule has 194 valence electrons. The van der Waals surface area contributed by atoms with Gasteiger partial charge in [-0.25, -0.2) is 8.42 Å². The van der Waals surface area contributed by atoms with E-state index in [0.717, 1.165) is 11.3 Å². The number of carbonyl (C=O) groups excluding carboxylic acids is 2. The maximum absolute atomic E-state index is 12.7. The van der Waals surface area contributed by atoms with Gasteiger partial charge in [-0.3, -0.25) is 14.9 Å². The fourth-order valence-corrected chi connectivity index (χ4v) is 6.46. The number of thioether (sulfide) groups is 1. The molecule has 0 unspecified atom stereocenters. The van der Waals surface area contributed by atoms with Gasteiger partial charge in [0.2, 0.25) is 27.9 Å². The highest BCUT2D eigenvalue weighted by Gasteiger charge is 2.26. The molecule has 37 heavy (non-hydrogen) atoms. The van der Waals surface area contributed by atoms with Crippen molar-refractivity contribution in [1.29, 1.82) is 0 Å². The number of hydrogen-bond donors (Lipinski definition) is 2. The quantitative estimate of drug-likeness (QED) is 0.309. The Kier molecular flexibility index (Phi) is 7.57. The molecule has 2 aliphatic rings. The van der Waals surface area contributed by atoms with Gasteiger partial charge in [-0.1, -0.05) is 23.1 Å². The molecule has 0 radical (unpaired) electrons. The first-order valence-corrected chi connectivity index (χ1v) is 14.3. The molecule has 2 aromatic carbocycles. The normalized spacial score (nSPS) is 15.4. The second kappa shape index (κ2) is 11.0. The number of ether oxygens (including phenoxy) is 3. The molecule has 0 saturated carbocycles. The van der Waals surface area contributed by atoms with E-state index in [2.05, 4.69) is 20.8 Å². The van der Waals surface area contributed by atoms with E-state index in [1.54, 1.807) is 18.2 Å². The summed E-state index contributed by atoms with van der Waals surface area (Å²) >= 11 is 2.31. The highest BCUT2D eigenvalue weighted by Crippen LogP contribution is 2.34. The van der Waals surface area contributed by atoms with Crippen molar-refractivity contribution in [3.63, 3.8) is 0 Å². The van der Waals surface area contributed by atoms with Crippen LogP contribution in [0.25, 0.3) is 0 Å². The number of hydrogen-bond acceptors (Lipinski definition) is 11. The summed E-state index contributed by atoms with van der Waals surface area (Å²) in [4.78, 5) is 25.0. The van der Waals surface area contributed by atoms with Crippen LogP contribution in [0.2, 0.25) is 0 Å². The standard InChI is InChI=1S/C22H21N5O7S3/c28-19(23-15-3-6-17-18(11-15)34-13-33-17)12-35-22-26-25-21(36-22)24-20(29)14-1-4-16(5-2-14)37(30,31)27-7-9-32-10-8-27/h1-6,11H,7-10,12-13H2,(H,23,28)(H,24,25,29). The third kappa shape index (κ3) is 6.02. The zero-order chi connectivity index (χ0) is 25.8. The van der Waals surface area contributed by atoms with Gasteiger partial charge in [0.05, 0.1) is 23.9 Å². The number of aromatic nitrogens is 2. The van der Waals surface area contributed by atoms with Gasteiger partial charge in [-0.05, 0) is 36.4 Å². The van der Waals surface area contributed by atoms with Crippen molar-refractivity contribution in [2.45, 2.75) is 9.24 Å². The third-order valence-electron chi connectivity index (χ3n) is 5.33. The molecule has 3 aromatic rings. The Hall–Kier alpha value is -3.24. The number of rotatable bonds is 8. The molecule has 12 nitrogen and oxygen atoms in total. The molecule has 15 heteroatoms. The van der Waals surface area contributed by atoms with E-state index in [0.29, 0.717) is 47.8 Å². The number of nitrogens with zero attached hydrogens (tertiary/aromatic N) is 3. The lowest BCUT2D eigenvalue weighted by Crippen LogP contribution is -2.40. The predicted octanol–water partition coefficient (Wildman–Crippen LogP) is 2.27. The molecule has 2 N–H and O–H groups in total. The maximum atomic E-state index is 12.7. The van der Waals surface area contributed by atoms with Crippen molar-refractivity contribution < 1.29 is 32.2 Å². The number of sulfonamides is 1. The predicted molar refractivity (Wildman–Crippen MR) is 136 cm³/mol. The molecule has 1 fully saturated rings. The lowest BCUT2D eigenvalue weighted by Gasteiger charge is -2.26. The van der Waals surface area contributed by atoms with Gasteiger partial charge >= 0.3 is 0 Å². The van der Waals surface area contributed by atoms with E-state index in [1.165, 1.54) is 40.3 Å². The third-order valence-corrected chi connectivity index (χ3v) is 9.22. The van der Waals surface area contributed by atoms with Crippen LogP contribution < -0.4 is 20.1 Å². The smallest absolute Gasteiger partial charge is 0.257 e. The number of fused-ring (bicyclic) bond motifs is 1. The van der Waals surface area contributed by atoms with Crippen LogP contribution in [0.5, 0.6) is 11.5 Å². The number of benzene rings is 2. The van der Waals surface area contributed by atoms with Crippen LogP contribution in [-0.4, -0.2) is 73.6 Å². The number of morpholine rings is 1. The molecule has 0 spiro atoms. The molecule has 5 rings (SSSR count). The van der Waals surface area contributed by atoms with E-state index < -0.39 is 15.9 Å². The Morgan fingerprint density at radius 2 is 1.76 bits per heavy atom. The average molecular weight is 564 g/mol. The largest absolute Gasteiger partial charge is 0.454 e. The molecule has 1 saturated heterocycles. The number of amides is 2. The maximum Gasteiger partial charge on any atom is 0.257 e. The van der Waals surface area contributed by atoms with Gasteiger partial charge in [0.15, 0.2) is 15.8 Å². The molecule has 2 aliphatic heterocycles. The molecule has 1 aromatic heterocycles. The van der Waals surface area contributed by atoms with Crippen molar-refractivity contribution in [3.05, 3.63) is 48.0 Å². The van der Waals surface area contributed by atoms with Crippen LogP contribution in [0, 0.1) is 0 Å². The summed E-state index contributed by atoms with van der Waals surface area (Å²) in [5, 5.41) is 13.6. The van der Waals surface area contributed by atoms with E-state index in [-0.39, 0.29) is 34.0 Å². The minimum absolute atomic E-state index is 0.0934. The van der Waals surface area contributed by atoms with Crippen LogP contribution in [-0.2, 0) is 19.6 Å². The molecular formula is C22H21N5O7S3. The Labute approximate surface area is 220 Å². The molecule has 2 amide bonds. The van der Waals surface area contributed by atoms with Gasteiger partial charge in [0, 0.05) is 30.4 Å². The first kappa shape index (κ1) is 25.4. The summed E-state index contributed by atoms with van der Waals surface area (Å²) in [6.45, 7) is 1.45. The molecule has 3 heterocycles. The van der Waals surface area contributed by atoms with Gasteiger partial charge in [-0.15, -0.1) is 10.2 Å². The van der Waals surface area contributed by atoms with Crippen molar-refractivity contribution >= 4 is 55.8 Å². The Morgan fingerprint density at radius 1 is 1.00 bits per heavy atom.